The molecule has 0 saturated heterocycles. The van der Waals surface area contributed by atoms with Crippen molar-refractivity contribution in [3.05, 3.63) is 114 Å². The van der Waals surface area contributed by atoms with E-state index in [1.807, 2.05) is 24.3 Å². The van der Waals surface area contributed by atoms with E-state index in [-0.39, 0.29) is 5.97 Å². The van der Waals surface area contributed by atoms with E-state index in [1.165, 1.54) is 16.7 Å². The predicted octanol–water partition coefficient (Wildman–Crippen LogP) is 5.64. The lowest BCUT2D eigenvalue weighted by molar-refractivity contribution is 0.0736. The van der Waals surface area contributed by atoms with E-state index in [1.54, 1.807) is 24.5 Å². The van der Waals surface area contributed by atoms with Crippen LogP contribution in [0.2, 0.25) is 0 Å². The van der Waals surface area contributed by atoms with Crippen molar-refractivity contribution in [2.75, 3.05) is 0 Å². The number of nitrogens with zero attached hydrogens (tertiary/aromatic N) is 1. The number of allylic oxidation sites excluding steroid dienone is 2. The van der Waals surface area contributed by atoms with Crippen LogP contribution >= 0.6 is 0 Å². The van der Waals surface area contributed by atoms with Crippen molar-refractivity contribution >= 4 is 22.3 Å². The third-order valence-electron chi connectivity index (χ3n) is 5.40. The normalized spacial score (nSPS) is 12.9. The van der Waals surface area contributed by atoms with Crippen LogP contribution in [0.5, 0.6) is 5.75 Å². The summed E-state index contributed by atoms with van der Waals surface area (Å²) in [5.74, 6) is 0.248. The molecule has 29 heavy (non-hydrogen) atoms. The Morgan fingerprint density at radius 3 is 2.45 bits per heavy atom. The fourth-order valence-electron chi connectivity index (χ4n) is 3.89. The van der Waals surface area contributed by atoms with E-state index in [2.05, 4.69) is 47.5 Å². The van der Waals surface area contributed by atoms with Crippen LogP contribution in [-0.4, -0.2) is 11.0 Å². The van der Waals surface area contributed by atoms with Gasteiger partial charge in [-0.25, -0.2) is 4.79 Å². The summed E-state index contributed by atoms with van der Waals surface area (Å²) in [5, 5.41) is 1.98. The molecule has 5 rings (SSSR count). The smallest absolute Gasteiger partial charge is 0.343 e. The second kappa shape index (κ2) is 7.36. The molecule has 0 atom stereocenters. The lowest BCUT2D eigenvalue weighted by Crippen LogP contribution is -2.11. The first kappa shape index (κ1) is 17.4. The van der Waals surface area contributed by atoms with Gasteiger partial charge in [0.2, 0.25) is 0 Å². The van der Waals surface area contributed by atoms with Crippen LogP contribution in [-0.2, 0) is 12.8 Å². The molecule has 1 heterocycles. The number of benzene rings is 3. The number of hydrogen-bond acceptors (Lipinski definition) is 3. The lowest BCUT2D eigenvalue weighted by atomic mass is 9.87. The number of fused-ring (bicyclic) bond motifs is 2. The minimum atomic E-state index is -0.373. The summed E-state index contributed by atoms with van der Waals surface area (Å²) in [6.07, 6.45) is 7.16. The molecule has 0 fully saturated rings. The second-order valence-corrected chi connectivity index (χ2v) is 7.17. The number of esters is 1. The number of hydrogen-bond donors (Lipinski definition) is 0. The number of aromatic nitrogens is 1. The maximum atomic E-state index is 12.8. The largest absolute Gasteiger partial charge is 0.422 e. The number of ether oxygens (including phenoxy) is 1. The van der Waals surface area contributed by atoms with Crippen molar-refractivity contribution in [1.29, 1.82) is 0 Å². The monoisotopic (exact) mass is 377 g/mol. The van der Waals surface area contributed by atoms with Gasteiger partial charge in [-0.15, -0.1) is 0 Å². The van der Waals surface area contributed by atoms with Gasteiger partial charge in [0.15, 0.2) is 0 Å². The molecular formula is C26H19NO2. The standard InChI is InChI=1S/C26H19NO2/c28-26(20-13-15-27-16-14-20)29-25-23-8-4-3-6-19(23)11-12-24(25)22-10-9-18-5-1-2-7-21(18)17-22/h1-8,10-16H,9,17H2. The van der Waals surface area contributed by atoms with E-state index < -0.39 is 0 Å². The Morgan fingerprint density at radius 2 is 1.59 bits per heavy atom. The molecule has 140 valence electrons. The zero-order chi connectivity index (χ0) is 19.6. The molecule has 3 heteroatoms. The highest BCUT2D eigenvalue weighted by Crippen LogP contribution is 2.38. The number of pyridine rings is 1. The molecule has 4 aromatic rings. The summed E-state index contributed by atoms with van der Waals surface area (Å²) in [5.41, 5.74) is 5.33. The first-order valence-electron chi connectivity index (χ1n) is 9.70. The van der Waals surface area contributed by atoms with Crippen molar-refractivity contribution in [1.82, 2.24) is 4.98 Å². The Labute approximate surface area is 169 Å². The average molecular weight is 377 g/mol. The van der Waals surface area contributed by atoms with Crippen LogP contribution in [0.1, 0.15) is 27.0 Å². The van der Waals surface area contributed by atoms with E-state index in [0.29, 0.717) is 11.3 Å². The van der Waals surface area contributed by atoms with Gasteiger partial charge in [-0.2, -0.15) is 0 Å². The predicted molar refractivity (Wildman–Crippen MR) is 115 cm³/mol. The number of carbonyl (C=O) groups excluding carboxylic acids is 1. The molecule has 0 spiro atoms. The molecule has 0 bridgehead atoms. The van der Waals surface area contributed by atoms with Crippen LogP contribution in [0.3, 0.4) is 0 Å². The minimum absolute atomic E-state index is 0.373. The van der Waals surface area contributed by atoms with Gasteiger partial charge < -0.3 is 4.74 Å². The van der Waals surface area contributed by atoms with Crippen molar-refractivity contribution in [3.63, 3.8) is 0 Å². The number of rotatable bonds is 3. The molecule has 0 saturated carbocycles. The van der Waals surface area contributed by atoms with Crippen molar-refractivity contribution < 1.29 is 9.53 Å². The molecule has 0 N–H and O–H groups in total. The molecule has 0 aliphatic heterocycles. The minimum Gasteiger partial charge on any atom is -0.422 e. The Hall–Kier alpha value is -3.72. The van der Waals surface area contributed by atoms with Gasteiger partial charge in [-0.3, -0.25) is 4.98 Å². The average Bonchev–Trinajstić information content (AvgIpc) is 2.79. The highest BCUT2D eigenvalue weighted by molar-refractivity contribution is 5.99. The van der Waals surface area contributed by atoms with Crippen LogP contribution < -0.4 is 4.74 Å². The highest BCUT2D eigenvalue weighted by atomic mass is 16.5. The SMILES string of the molecule is O=C(Oc1c(C2=CCc3ccccc3C2)ccc2ccccc12)c1ccncc1. The molecule has 0 amide bonds. The van der Waals surface area contributed by atoms with Crippen molar-refractivity contribution in [3.8, 4) is 5.75 Å². The van der Waals surface area contributed by atoms with E-state index in [4.69, 9.17) is 4.74 Å². The van der Waals surface area contributed by atoms with E-state index in [0.717, 1.165) is 29.2 Å². The fraction of sp³-hybridized carbons (Fsp3) is 0.0769. The van der Waals surface area contributed by atoms with Crippen LogP contribution in [0.4, 0.5) is 0 Å². The van der Waals surface area contributed by atoms with Crippen LogP contribution in [0.15, 0.2) is 91.3 Å². The van der Waals surface area contributed by atoms with Gasteiger partial charge in [0.25, 0.3) is 0 Å². The highest BCUT2D eigenvalue weighted by Gasteiger charge is 2.20. The van der Waals surface area contributed by atoms with E-state index >= 15 is 0 Å². The van der Waals surface area contributed by atoms with Crippen LogP contribution in [0, 0.1) is 0 Å². The molecular weight excluding hydrogens is 358 g/mol. The van der Waals surface area contributed by atoms with Gasteiger partial charge in [-0.1, -0.05) is 66.7 Å². The Kier molecular flexibility index (Phi) is 4.41. The van der Waals surface area contributed by atoms with Crippen molar-refractivity contribution in [2.24, 2.45) is 0 Å². The Balaban J connectivity index is 1.60. The molecule has 0 radical (unpaired) electrons. The summed E-state index contributed by atoms with van der Waals surface area (Å²) < 4.78 is 5.98. The third kappa shape index (κ3) is 3.32. The number of carbonyl (C=O) groups is 1. The maximum absolute atomic E-state index is 12.8. The first-order chi connectivity index (χ1) is 14.3. The van der Waals surface area contributed by atoms with Gasteiger partial charge in [-0.05, 0) is 47.1 Å². The molecule has 3 nitrogen and oxygen atoms in total. The zero-order valence-electron chi connectivity index (χ0n) is 15.8. The second-order valence-electron chi connectivity index (χ2n) is 7.17. The molecule has 1 aliphatic carbocycles. The van der Waals surface area contributed by atoms with Gasteiger partial charge in [0, 0.05) is 23.3 Å². The quantitative estimate of drug-likeness (QED) is 0.343. The zero-order valence-corrected chi connectivity index (χ0v) is 15.8. The molecule has 0 unspecified atom stereocenters. The molecule has 3 aromatic carbocycles. The molecule has 1 aromatic heterocycles. The summed E-state index contributed by atoms with van der Waals surface area (Å²) in [6, 6.07) is 24.0. The molecule has 1 aliphatic rings. The summed E-state index contributed by atoms with van der Waals surface area (Å²) in [4.78, 5) is 16.8. The fourth-order valence-corrected chi connectivity index (χ4v) is 3.89. The Morgan fingerprint density at radius 1 is 0.828 bits per heavy atom. The topological polar surface area (TPSA) is 39.2 Å². The first-order valence-corrected chi connectivity index (χ1v) is 9.70. The van der Waals surface area contributed by atoms with E-state index in [9.17, 15) is 4.79 Å². The summed E-state index contributed by atoms with van der Waals surface area (Å²) >= 11 is 0. The van der Waals surface area contributed by atoms with Crippen LogP contribution in [0.25, 0.3) is 16.3 Å². The summed E-state index contributed by atoms with van der Waals surface area (Å²) in [7, 11) is 0. The Bertz CT molecular complexity index is 1240. The maximum Gasteiger partial charge on any atom is 0.343 e. The lowest BCUT2D eigenvalue weighted by Gasteiger charge is -2.20. The van der Waals surface area contributed by atoms with Crippen molar-refractivity contribution in [2.45, 2.75) is 12.8 Å². The summed E-state index contributed by atoms with van der Waals surface area (Å²) in [6.45, 7) is 0. The van der Waals surface area contributed by atoms with Gasteiger partial charge >= 0.3 is 5.97 Å². The van der Waals surface area contributed by atoms with Gasteiger partial charge in [0.05, 0.1) is 5.56 Å². The van der Waals surface area contributed by atoms with Gasteiger partial charge in [0.1, 0.15) is 5.75 Å². The third-order valence-corrected chi connectivity index (χ3v) is 5.40.